The van der Waals surface area contributed by atoms with Crippen molar-refractivity contribution in [3.05, 3.63) is 63.0 Å². The second-order valence-corrected chi connectivity index (χ2v) is 7.69. The second kappa shape index (κ2) is 6.08. The standard InChI is InChI=1S/C17H16N4OS2/c1-11(16-19-13-5-3-4-6-14(13)24-16)20(2)10-12-9-15(22)21-7-8-23-17(21)18-12/h3-9,11H,10H2,1-2H3/t11-/m0/s1. The Bertz CT molecular complexity index is 1030. The number of benzene rings is 1. The lowest BCUT2D eigenvalue weighted by Crippen LogP contribution is -2.24. The van der Waals surface area contributed by atoms with Gasteiger partial charge in [-0.3, -0.25) is 14.1 Å². The Balaban J connectivity index is 1.59. The molecule has 0 N–H and O–H groups in total. The van der Waals surface area contributed by atoms with Crippen LogP contribution in [0.15, 0.2) is 46.7 Å². The lowest BCUT2D eigenvalue weighted by molar-refractivity contribution is 0.250. The molecule has 3 aromatic heterocycles. The summed E-state index contributed by atoms with van der Waals surface area (Å²) < 4.78 is 2.77. The Morgan fingerprint density at radius 1 is 1.29 bits per heavy atom. The minimum Gasteiger partial charge on any atom is -0.291 e. The first-order chi connectivity index (χ1) is 11.6. The molecule has 0 spiro atoms. The maximum atomic E-state index is 12.1. The van der Waals surface area contributed by atoms with Gasteiger partial charge in [-0.25, -0.2) is 9.97 Å². The summed E-state index contributed by atoms with van der Waals surface area (Å²) in [5.41, 5.74) is 1.80. The molecular formula is C17H16N4OS2. The fourth-order valence-corrected chi connectivity index (χ4v) is 4.44. The fraction of sp³-hybridized carbons (Fsp3) is 0.235. The summed E-state index contributed by atoms with van der Waals surface area (Å²) in [6.45, 7) is 2.75. The average molecular weight is 356 g/mol. The van der Waals surface area contributed by atoms with E-state index in [0.29, 0.717) is 6.54 Å². The molecule has 5 nitrogen and oxygen atoms in total. The van der Waals surface area contributed by atoms with Crippen LogP contribution in [0.25, 0.3) is 15.2 Å². The van der Waals surface area contributed by atoms with Crippen molar-refractivity contribution in [2.45, 2.75) is 19.5 Å². The predicted molar refractivity (Wildman–Crippen MR) is 98.8 cm³/mol. The van der Waals surface area contributed by atoms with Crippen LogP contribution < -0.4 is 5.56 Å². The van der Waals surface area contributed by atoms with Gasteiger partial charge in [-0.05, 0) is 26.1 Å². The Morgan fingerprint density at radius 2 is 2.12 bits per heavy atom. The van der Waals surface area contributed by atoms with Gasteiger partial charge in [0.05, 0.1) is 22.0 Å². The molecule has 0 unspecified atom stereocenters. The number of fused-ring (bicyclic) bond motifs is 2. The van der Waals surface area contributed by atoms with E-state index in [1.807, 2.05) is 30.6 Å². The number of hydrogen-bond acceptors (Lipinski definition) is 6. The maximum Gasteiger partial charge on any atom is 0.258 e. The highest BCUT2D eigenvalue weighted by atomic mass is 32.1. The number of para-hydroxylation sites is 1. The van der Waals surface area contributed by atoms with E-state index in [1.54, 1.807) is 28.0 Å². The minimum absolute atomic E-state index is 0.0303. The Hall–Kier alpha value is -2.09. The second-order valence-electron chi connectivity index (χ2n) is 5.75. The highest BCUT2D eigenvalue weighted by Crippen LogP contribution is 2.29. The van der Waals surface area contributed by atoms with Crippen LogP contribution in [0.5, 0.6) is 0 Å². The van der Waals surface area contributed by atoms with Crippen molar-refractivity contribution in [3.63, 3.8) is 0 Å². The van der Waals surface area contributed by atoms with Crippen LogP contribution in [0.3, 0.4) is 0 Å². The van der Waals surface area contributed by atoms with Crippen LogP contribution in [-0.4, -0.2) is 26.3 Å². The van der Waals surface area contributed by atoms with Gasteiger partial charge in [-0.2, -0.15) is 0 Å². The predicted octanol–water partition coefficient (Wildman–Crippen LogP) is 3.56. The van der Waals surface area contributed by atoms with Crippen molar-refractivity contribution in [3.8, 4) is 0 Å². The van der Waals surface area contributed by atoms with Gasteiger partial charge >= 0.3 is 0 Å². The molecule has 1 atom stereocenters. The van der Waals surface area contributed by atoms with Crippen LogP contribution in [-0.2, 0) is 6.54 Å². The molecule has 0 radical (unpaired) electrons. The van der Waals surface area contributed by atoms with Crippen LogP contribution in [0.2, 0.25) is 0 Å². The molecule has 0 fully saturated rings. The van der Waals surface area contributed by atoms with E-state index in [2.05, 4.69) is 22.9 Å². The number of thiazole rings is 2. The van der Waals surface area contributed by atoms with Crippen molar-refractivity contribution >= 4 is 37.9 Å². The summed E-state index contributed by atoms with van der Waals surface area (Å²) in [5, 5.41) is 2.95. The van der Waals surface area contributed by atoms with E-state index in [4.69, 9.17) is 4.98 Å². The summed E-state index contributed by atoms with van der Waals surface area (Å²) in [6.07, 6.45) is 1.76. The highest BCUT2D eigenvalue weighted by molar-refractivity contribution is 7.18. The van der Waals surface area contributed by atoms with Crippen LogP contribution in [0.4, 0.5) is 0 Å². The van der Waals surface area contributed by atoms with Crippen molar-refractivity contribution in [2.24, 2.45) is 0 Å². The first-order valence-electron chi connectivity index (χ1n) is 7.63. The molecule has 0 bridgehead atoms. The SMILES string of the molecule is C[C@@H](c1nc2ccccc2s1)N(C)Cc1cc(=O)n2ccsc2n1. The Kier molecular flexibility index (Phi) is 3.91. The topological polar surface area (TPSA) is 50.5 Å². The van der Waals surface area contributed by atoms with E-state index in [-0.39, 0.29) is 11.6 Å². The Labute approximate surface area is 146 Å². The largest absolute Gasteiger partial charge is 0.291 e. The Morgan fingerprint density at radius 3 is 2.96 bits per heavy atom. The molecule has 0 aliphatic rings. The molecule has 3 heterocycles. The summed E-state index contributed by atoms with van der Waals surface area (Å²) >= 11 is 3.19. The summed E-state index contributed by atoms with van der Waals surface area (Å²) in [6, 6.07) is 9.94. The molecule has 122 valence electrons. The molecule has 0 aliphatic heterocycles. The van der Waals surface area contributed by atoms with Gasteiger partial charge in [0.25, 0.3) is 5.56 Å². The van der Waals surface area contributed by atoms with Crippen molar-refractivity contribution in [2.75, 3.05) is 7.05 Å². The van der Waals surface area contributed by atoms with Crippen LogP contribution >= 0.6 is 22.7 Å². The zero-order valence-corrected chi connectivity index (χ0v) is 15.0. The molecule has 4 aromatic rings. The smallest absolute Gasteiger partial charge is 0.258 e. The molecule has 0 amide bonds. The zero-order valence-electron chi connectivity index (χ0n) is 13.3. The lowest BCUT2D eigenvalue weighted by atomic mass is 10.3. The van der Waals surface area contributed by atoms with Gasteiger partial charge in [0.1, 0.15) is 5.01 Å². The van der Waals surface area contributed by atoms with Crippen molar-refractivity contribution in [1.29, 1.82) is 0 Å². The highest BCUT2D eigenvalue weighted by Gasteiger charge is 2.17. The number of rotatable bonds is 4. The number of aromatic nitrogens is 3. The molecule has 7 heteroatoms. The lowest BCUT2D eigenvalue weighted by Gasteiger charge is -2.22. The van der Waals surface area contributed by atoms with E-state index < -0.39 is 0 Å². The monoisotopic (exact) mass is 356 g/mol. The summed E-state index contributed by atoms with van der Waals surface area (Å²) in [4.78, 5) is 24.3. The van der Waals surface area contributed by atoms with Crippen molar-refractivity contribution in [1.82, 2.24) is 19.3 Å². The summed E-state index contributed by atoms with van der Waals surface area (Å²) in [7, 11) is 2.04. The van der Waals surface area contributed by atoms with Gasteiger partial charge in [0, 0.05) is 24.2 Å². The van der Waals surface area contributed by atoms with E-state index in [9.17, 15) is 4.79 Å². The van der Waals surface area contributed by atoms with Crippen LogP contribution in [0.1, 0.15) is 23.7 Å². The normalized spacial score (nSPS) is 13.1. The number of hydrogen-bond donors (Lipinski definition) is 0. The molecular weight excluding hydrogens is 340 g/mol. The zero-order chi connectivity index (χ0) is 16.7. The third kappa shape index (κ3) is 2.75. The molecule has 0 saturated carbocycles. The van der Waals surface area contributed by atoms with E-state index >= 15 is 0 Å². The third-order valence-corrected chi connectivity index (χ3v) is 6.06. The average Bonchev–Trinajstić information content (AvgIpc) is 3.20. The molecule has 0 saturated heterocycles. The minimum atomic E-state index is -0.0303. The van der Waals surface area contributed by atoms with Crippen molar-refractivity contribution < 1.29 is 0 Å². The fourth-order valence-electron chi connectivity index (χ4n) is 2.62. The maximum absolute atomic E-state index is 12.1. The first-order valence-corrected chi connectivity index (χ1v) is 9.33. The van der Waals surface area contributed by atoms with Crippen LogP contribution in [0, 0.1) is 0 Å². The van der Waals surface area contributed by atoms with Gasteiger partial charge in [0.2, 0.25) is 0 Å². The third-order valence-electron chi connectivity index (χ3n) is 4.10. The molecule has 0 aliphatic carbocycles. The quantitative estimate of drug-likeness (QED) is 0.561. The molecule has 4 rings (SSSR count). The van der Waals surface area contributed by atoms with Gasteiger partial charge < -0.3 is 0 Å². The van der Waals surface area contributed by atoms with E-state index in [0.717, 1.165) is 21.2 Å². The number of nitrogens with zero attached hydrogens (tertiary/aromatic N) is 4. The van der Waals surface area contributed by atoms with E-state index in [1.165, 1.54) is 16.0 Å². The summed E-state index contributed by atoms with van der Waals surface area (Å²) in [5.74, 6) is 0. The van der Waals surface area contributed by atoms with Gasteiger partial charge in [-0.1, -0.05) is 12.1 Å². The first kappa shape index (κ1) is 15.4. The van der Waals surface area contributed by atoms with Gasteiger partial charge in [-0.15, -0.1) is 22.7 Å². The van der Waals surface area contributed by atoms with Gasteiger partial charge in [0.15, 0.2) is 4.96 Å². The molecule has 24 heavy (non-hydrogen) atoms. The molecule has 1 aromatic carbocycles.